The second kappa shape index (κ2) is 3.70. The van der Waals surface area contributed by atoms with Crippen LogP contribution in [0.25, 0.3) is 0 Å². The molecule has 0 nitrogen and oxygen atoms in total. The zero-order chi connectivity index (χ0) is 6.73. The Morgan fingerprint density at radius 3 is 1.12 bits per heavy atom. The molecule has 50 valence electrons. The smallest absolute Gasteiger partial charge is 0.0156 e. The molecule has 0 rings (SSSR count). The summed E-state index contributed by atoms with van der Waals surface area (Å²) in [7, 11) is 0. The SMILES string of the molecule is CC(C)C(I)C(C)C. The number of hydrogen-bond acceptors (Lipinski definition) is 0. The fourth-order valence-corrected chi connectivity index (χ4v) is 0.770. The number of hydrogen-bond donors (Lipinski definition) is 0. The van der Waals surface area contributed by atoms with Gasteiger partial charge in [0, 0.05) is 3.92 Å². The molecule has 0 aromatic heterocycles. The lowest BCUT2D eigenvalue weighted by molar-refractivity contribution is 0.505. The number of alkyl halides is 1. The van der Waals surface area contributed by atoms with E-state index in [4.69, 9.17) is 0 Å². The van der Waals surface area contributed by atoms with Crippen LogP contribution in [0.2, 0.25) is 0 Å². The minimum absolute atomic E-state index is 0.829. The van der Waals surface area contributed by atoms with Crippen LogP contribution in [-0.4, -0.2) is 3.92 Å². The molecule has 0 unspecified atom stereocenters. The summed E-state index contributed by atoms with van der Waals surface area (Å²) in [6.45, 7) is 9.10. The van der Waals surface area contributed by atoms with Gasteiger partial charge in [0.15, 0.2) is 0 Å². The van der Waals surface area contributed by atoms with Gasteiger partial charge in [0.1, 0.15) is 0 Å². The molecular weight excluding hydrogens is 211 g/mol. The summed E-state index contributed by atoms with van der Waals surface area (Å²) >= 11 is 2.52. The van der Waals surface area contributed by atoms with Crippen molar-refractivity contribution in [2.24, 2.45) is 11.8 Å². The predicted octanol–water partition coefficient (Wildman–Crippen LogP) is 3.10. The first-order chi connectivity index (χ1) is 3.55. The maximum absolute atomic E-state index is 2.52. The fourth-order valence-electron chi connectivity index (χ4n) is 0.770. The number of rotatable bonds is 2. The van der Waals surface area contributed by atoms with E-state index < -0.39 is 0 Å². The molecule has 0 aromatic carbocycles. The van der Waals surface area contributed by atoms with Crippen LogP contribution in [-0.2, 0) is 0 Å². The van der Waals surface area contributed by atoms with E-state index in [1.165, 1.54) is 0 Å². The van der Waals surface area contributed by atoms with E-state index in [9.17, 15) is 0 Å². The average Bonchev–Trinajstić information content (AvgIpc) is 1.64. The van der Waals surface area contributed by atoms with Gasteiger partial charge in [-0.1, -0.05) is 50.3 Å². The minimum Gasteiger partial charge on any atom is -0.0821 e. The third kappa shape index (κ3) is 2.90. The molecule has 0 spiro atoms. The molecule has 0 radical (unpaired) electrons. The second-order valence-corrected chi connectivity index (χ2v) is 4.37. The maximum atomic E-state index is 2.52. The van der Waals surface area contributed by atoms with Crippen molar-refractivity contribution in [2.75, 3.05) is 0 Å². The van der Waals surface area contributed by atoms with E-state index in [-0.39, 0.29) is 0 Å². The quantitative estimate of drug-likeness (QED) is 0.501. The van der Waals surface area contributed by atoms with Crippen molar-refractivity contribution in [3.8, 4) is 0 Å². The van der Waals surface area contributed by atoms with Gasteiger partial charge in [-0.15, -0.1) is 0 Å². The van der Waals surface area contributed by atoms with Gasteiger partial charge in [0.25, 0.3) is 0 Å². The van der Waals surface area contributed by atoms with Crippen LogP contribution in [0.15, 0.2) is 0 Å². The van der Waals surface area contributed by atoms with Gasteiger partial charge in [0.05, 0.1) is 0 Å². The summed E-state index contributed by atoms with van der Waals surface area (Å²) in [4.78, 5) is 0. The largest absolute Gasteiger partial charge is 0.0821 e. The van der Waals surface area contributed by atoms with Crippen LogP contribution < -0.4 is 0 Å². The summed E-state index contributed by atoms with van der Waals surface area (Å²) in [6.07, 6.45) is 0. The molecule has 0 bridgehead atoms. The third-order valence-corrected chi connectivity index (χ3v) is 4.15. The maximum Gasteiger partial charge on any atom is 0.0156 e. The summed E-state index contributed by atoms with van der Waals surface area (Å²) in [6, 6.07) is 0. The van der Waals surface area contributed by atoms with E-state index in [1.54, 1.807) is 0 Å². The van der Waals surface area contributed by atoms with E-state index in [1.807, 2.05) is 0 Å². The Hall–Kier alpha value is 0.730. The molecule has 0 saturated heterocycles. The lowest BCUT2D eigenvalue weighted by atomic mass is 10.0. The van der Waals surface area contributed by atoms with Gasteiger partial charge in [-0.2, -0.15) is 0 Å². The van der Waals surface area contributed by atoms with E-state index in [0.717, 1.165) is 15.8 Å². The Balaban J connectivity index is 3.46. The highest BCUT2D eigenvalue weighted by atomic mass is 127. The normalized spacial score (nSPS) is 12.0. The lowest BCUT2D eigenvalue weighted by Gasteiger charge is -2.16. The molecule has 8 heavy (non-hydrogen) atoms. The Kier molecular flexibility index (Phi) is 4.04. The van der Waals surface area contributed by atoms with Crippen molar-refractivity contribution in [1.82, 2.24) is 0 Å². The molecule has 0 heterocycles. The van der Waals surface area contributed by atoms with Gasteiger partial charge in [-0.3, -0.25) is 0 Å². The van der Waals surface area contributed by atoms with Crippen molar-refractivity contribution in [3.05, 3.63) is 0 Å². The molecule has 0 aliphatic carbocycles. The molecule has 1 heteroatoms. The van der Waals surface area contributed by atoms with Crippen LogP contribution in [0.5, 0.6) is 0 Å². The average molecular weight is 226 g/mol. The van der Waals surface area contributed by atoms with E-state index in [2.05, 4.69) is 50.3 Å². The first-order valence-corrected chi connectivity index (χ1v) is 4.44. The van der Waals surface area contributed by atoms with Crippen molar-refractivity contribution < 1.29 is 0 Å². The topological polar surface area (TPSA) is 0 Å². The monoisotopic (exact) mass is 226 g/mol. The van der Waals surface area contributed by atoms with Gasteiger partial charge in [-0.25, -0.2) is 0 Å². The predicted molar refractivity (Wildman–Crippen MR) is 47.5 cm³/mol. The summed E-state index contributed by atoms with van der Waals surface area (Å²) in [5, 5.41) is 0. The molecule has 0 aliphatic rings. The molecule has 0 N–H and O–H groups in total. The first kappa shape index (κ1) is 8.73. The van der Waals surface area contributed by atoms with Gasteiger partial charge >= 0.3 is 0 Å². The van der Waals surface area contributed by atoms with Crippen molar-refractivity contribution in [2.45, 2.75) is 31.6 Å². The van der Waals surface area contributed by atoms with Crippen LogP contribution >= 0.6 is 22.6 Å². The van der Waals surface area contributed by atoms with Crippen LogP contribution in [0.4, 0.5) is 0 Å². The Bertz CT molecular complexity index is 49.4. The summed E-state index contributed by atoms with van der Waals surface area (Å²) in [5.74, 6) is 1.66. The van der Waals surface area contributed by atoms with Crippen molar-refractivity contribution in [3.63, 3.8) is 0 Å². The van der Waals surface area contributed by atoms with Gasteiger partial charge in [-0.05, 0) is 11.8 Å². The zero-order valence-corrected chi connectivity index (χ0v) is 8.27. The third-order valence-electron chi connectivity index (χ3n) is 1.27. The second-order valence-electron chi connectivity index (χ2n) is 2.93. The fraction of sp³-hybridized carbons (Fsp3) is 1.00. The highest BCUT2D eigenvalue weighted by Gasteiger charge is 2.11. The van der Waals surface area contributed by atoms with Crippen LogP contribution in [0, 0.1) is 11.8 Å². The van der Waals surface area contributed by atoms with E-state index in [0.29, 0.717) is 0 Å². The Morgan fingerprint density at radius 1 is 0.875 bits per heavy atom. The zero-order valence-electron chi connectivity index (χ0n) is 6.11. The lowest BCUT2D eigenvalue weighted by Crippen LogP contribution is -2.13. The van der Waals surface area contributed by atoms with Crippen molar-refractivity contribution in [1.29, 1.82) is 0 Å². The van der Waals surface area contributed by atoms with Crippen LogP contribution in [0.1, 0.15) is 27.7 Å². The molecule has 0 atom stereocenters. The van der Waals surface area contributed by atoms with Gasteiger partial charge in [0.2, 0.25) is 0 Å². The highest BCUT2D eigenvalue weighted by molar-refractivity contribution is 14.1. The Morgan fingerprint density at radius 2 is 1.12 bits per heavy atom. The molecule has 0 saturated carbocycles. The van der Waals surface area contributed by atoms with Gasteiger partial charge < -0.3 is 0 Å². The summed E-state index contributed by atoms with van der Waals surface area (Å²) in [5.41, 5.74) is 0. The number of halogens is 1. The minimum atomic E-state index is 0.829. The standard InChI is InChI=1S/C7H15I/c1-5(2)7(8)6(3)4/h5-7H,1-4H3. The molecule has 0 aromatic rings. The Labute approximate surface area is 66.2 Å². The molecule has 0 fully saturated rings. The molecule has 0 aliphatic heterocycles. The van der Waals surface area contributed by atoms with Crippen molar-refractivity contribution >= 4 is 22.6 Å². The van der Waals surface area contributed by atoms with Crippen LogP contribution in [0.3, 0.4) is 0 Å². The highest BCUT2D eigenvalue weighted by Crippen LogP contribution is 2.20. The molecule has 0 amide bonds. The molecular formula is C7H15I. The first-order valence-electron chi connectivity index (χ1n) is 3.19. The summed E-state index contributed by atoms with van der Waals surface area (Å²) < 4.78 is 0.840. The van der Waals surface area contributed by atoms with E-state index >= 15 is 0 Å².